The minimum Gasteiger partial charge on any atom is -0.323 e. The molecule has 1 saturated heterocycles. The van der Waals surface area contributed by atoms with Crippen LogP contribution in [0.2, 0.25) is 0 Å². The highest BCUT2D eigenvalue weighted by atomic mass is 16.2. The topological polar surface area (TPSA) is 37.4 Å². The standard InChI is InChI=1S/C22H29N2O2/c1-14-5-6-18(15(2)11-14)13-24(3,4)10-9-23-21(25)19-16-7-8-17(12-16)20(19)22(23)26/h5-8,11,16-17,19-20H,9-10,12-13H2,1-4H3/q+1/t16-,17-,19+,20+/m0/s1. The molecule has 2 aliphatic carbocycles. The number of hydrogen-bond donors (Lipinski definition) is 0. The fourth-order valence-corrected chi connectivity index (χ4v) is 5.12. The van der Waals surface area contributed by atoms with Crippen LogP contribution in [-0.2, 0) is 16.1 Å². The summed E-state index contributed by atoms with van der Waals surface area (Å²) >= 11 is 0. The maximum absolute atomic E-state index is 12.8. The smallest absolute Gasteiger partial charge is 0.233 e. The molecular weight excluding hydrogens is 324 g/mol. The Bertz CT molecular complexity index is 765. The Balaban J connectivity index is 1.42. The molecule has 4 nitrogen and oxygen atoms in total. The number of amides is 2. The van der Waals surface area contributed by atoms with Crippen molar-refractivity contribution in [2.45, 2.75) is 26.8 Å². The van der Waals surface area contributed by atoms with Crippen molar-refractivity contribution in [1.29, 1.82) is 0 Å². The molecular formula is C22H29N2O2+. The molecule has 1 heterocycles. The summed E-state index contributed by atoms with van der Waals surface area (Å²) in [5.74, 6) is 0.583. The summed E-state index contributed by atoms with van der Waals surface area (Å²) < 4.78 is 0.765. The molecule has 0 radical (unpaired) electrons. The molecule has 4 atom stereocenters. The summed E-state index contributed by atoms with van der Waals surface area (Å²) in [4.78, 5) is 27.2. The lowest BCUT2D eigenvalue weighted by molar-refractivity contribution is -0.902. The van der Waals surface area contributed by atoms with Gasteiger partial charge >= 0.3 is 0 Å². The van der Waals surface area contributed by atoms with E-state index in [1.54, 1.807) is 4.90 Å². The summed E-state index contributed by atoms with van der Waals surface area (Å²) in [6.45, 7) is 6.48. The van der Waals surface area contributed by atoms with Crippen LogP contribution in [0.1, 0.15) is 23.1 Å². The molecule has 2 bridgehead atoms. The number of carbonyl (C=O) groups excluding carboxylic acids is 2. The average molecular weight is 353 g/mol. The van der Waals surface area contributed by atoms with Crippen molar-refractivity contribution in [3.63, 3.8) is 0 Å². The van der Waals surface area contributed by atoms with E-state index < -0.39 is 0 Å². The van der Waals surface area contributed by atoms with Crippen molar-refractivity contribution in [3.05, 3.63) is 47.0 Å². The van der Waals surface area contributed by atoms with Crippen molar-refractivity contribution in [2.75, 3.05) is 27.2 Å². The Labute approximate surface area is 156 Å². The highest BCUT2D eigenvalue weighted by Gasteiger charge is 2.59. The van der Waals surface area contributed by atoms with E-state index in [1.165, 1.54) is 16.7 Å². The monoisotopic (exact) mass is 353 g/mol. The van der Waals surface area contributed by atoms with Gasteiger partial charge in [0.25, 0.3) is 0 Å². The molecule has 0 unspecified atom stereocenters. The fraction of sp³-hybridized carbons (Fsp3) is 0.545. The van der Waals surface area contributed by atoms with Gasteiger partial charge in [0.2, 0.25) is 11.8 Å². The number of carbonyl (C=O) groups is 2. The van der Waals surface area contributed by atoms with Gasteiger partial charge in [-0.05, 0) is 37.7 Å². The van der Waals surface area contributed by atoms with Gasteiger partial charge in [0.15, 0.2) is 0 Å². The summed E-state index contributed by atoms with van der Waals surface area (Å²) in [6.07, 6.45) is 5.30. The molecule has 3 aliphatic rings. The highest BCUT2D eigenvalue weighted by Crippen LogP contribution is 2.52. The normalized spacial score (nSPS) is 29.8. The number of nitrogens with zero attached hydrogens (tertiary/aromatic N) is 2. The van der Waals surface area contributed by atoms with Crippen LogP contribution >= 0.6 is 0 Å². The molecule has 0 aromatic heterocycles. The Kier molecular flexibility index (Phi) is 4.07. The first kappa shape index (κ1) is 17.5. The van der Waals surface area contributed by atoms with E-state index in [-0.39, 0.29) is 23.7 Å². The molecule has 1 aromatic rings. The molecule has 4 rings (SSSR count). The van der Waals surface area contributed by atoms with Crippen molar-refractivity contribution < 1.29 is 14.1 Å². The van der Waals surface area contributed by atoms with E-state index in [9.17, 15) is 9.59 Å². The number of aryl methyl sites for hydroxylation is 2. The second-order valence-corrected chi connectivity index (χ2v) is 9.08. The Hall–Kier alpha value is -1.94. The number of hydrogen-bond acceptors (Lipinski definition) is 2. The van der Waals surface area contributed by atoms with Crippen molar-refractivity contribution in [1.82, 2.24) is 4.90 Å². The maximum Gasteiger partial charge on any atom is 0.233 e. The number of quaternary nitrogens is 1. The van der Waals surface area contributed by atoms with E-state index in [4.69, 9.17) is 0 Å². The van der Waals surface area contributed by atoms with E-state index in [0.717, 1.165) is 24.0 Å². The quantitative estimate of drug-likeness (QED) is 0.464. The molecule has 0 N–H and O–H groups in total. The van der Waals surface area contributed by atoms with E-state index in [0.29, 0.717) is 18.4 Å². The van der Waals surface area contributed by atoms with Crippen LogP contribution in [0.25, 0.3) is 0 Å². The molecule has 1 aromatic carbocycles. The van der Waals surface area contributed by atoms with Crippen molar-refractivity contribution in [2.24, 2.45) is 23.7 Å². The predicted molar refractivity (Wildman–Crippen MR) is 101 cm³/mol. The van der Waals surface area contributed by atoms with Crippen LogP contribution in [0, 0.1) is 37.5 Å². The van der Waals surface area contributed by atoms with Gasteiger partial charge in [-0.3, -0.25) is 14.5 Å². The zero-order valence-corrected chi connectivity index (χ0v) is 16.2. The molecule has 2 amide bonds. The summed E-state index contributed by atoms with van der Waals surface area (Å²) in [5, 5.41) is 0. The number of likely N-dealkylation sites (tertiary alicyclic amines) is 1. The van der Waals surface area contributed by atoms with Gasteiger partial charge in [-0.2, -0.15) is 0 Å². The predicted octanol–water partition coefficient (Wildman–Crippen LogP) is 2.69. The molecule has 0 spiro atoms. The van der Waals surface area contributed by atoms with Gasteiger partial charge in [-0.15, -0.1) is 0 Å². The molecule has 1 aliphatic heterocycles. The second kappa shape index (κ2) is 6.05. The Morgan fingerprint density at radius 1 is 1.04 bits per heavy atom. The van der Waals surface area contributed by atoms with Crippen molar-refractivity contribution in [3.8, 4) is 0 Å². The van der Waals surface area contributed by atoms with Crippen molar-refractivity contribution >= 4 is 11.8 Å². The number of imide groups is 1. The zero-order chi connectivity index (χ0) is 18.6. The zero-order valence-electron chi connectivity index (χ0n) is 16.2. The third kappa shape index (κ3) is 2.81. The van der Waals surface area contributed by atoms with E-state index in [1.807, 2.05) is 0 Å². The van der Waals surface area contributed by atoms with Crippen LogP contribution in [0.15, 0.2) is 30.4 Å². The molecule has 138 valence electrons. The summed E-state index contributed by atoms with van der Waals surface area (Å²) in [5.41, 5.74) is 3.92. The van der Waals surface area contributed by atoms with Crippen LogP contribution < -0.4 is 0 Å². The minimum absolute atomic E-state index is 0.0726. The number of fused-ring (bicyclic) bond motifs is 5. The number of allylic oxidation sites excluding steroid dienone is 2. The lowest BCUT2D eigenvalue weighted by atomic mass is 9.85. The van der Waals surface area contributed by atoms with Gasteiger partial charge in [0.1, 0.15) is 6.54 Å². The van der Waals surface area contributed by atoms with Crippen LogP contribution in [0.3, 0.4) is 0 Å². The fourth-order valence-electron chi connectivity index (χ4n) is 5.12. The van der Waals surface area contributed by atoms with Gasteiger partial charge in [0, 0.05) is 5.56 Å². The number of rotatable bonds is 5. The van der Waals surface area contributed by atoms with Gasteiger partial charge < -0.3 is 4.48 Å². The summed E-state index contributed by atoms with van der Waals surface area (Å²) in [6, 6.07) is 6.57. The molecule has 4 heteroatoms. The van der Waals surface area contributed by atoms with Gasteiger partial charge in [-0.25, -0.2) is 0 Å². The molecule has 1 saturated carbocycles. The first-order valence-electron chi connectivity index (χ1n) is 9.68. The first-order valence-corrected chi connectivity index (χ1v) is 9.68. The minimum atomic E-state index is -0.0764. The van der Waals surface area contributed by atoms with Gasteiger partial charge in [0.05, 0.1) is 39.0 Å². The third-order valence-electron chi connectivity index (χ3n) is 6.59. The Morgan fingerprint density at radius 2 is 1.65 bits per heavy atom. The number of benzene rings is 1. The van der Waals surface area contributed by atoms with E-state index >= 15 is 0 Å². The number of likely N-dealkylation sites (N-methyl/N-ethyl adjacent to an activating group) is 1. The molecule has 2 fully saturated rings. The highest BCUT2D eigenvalue weighted by molar-refractivity contribution is 6.06. The van der Waals surface area contributed by atoms with Crippen LogP contribution in [0.4, 0.5) is 0 Å². The Morgan fingerprint density at radius 3 is 2.23 bits per heavy atom. The van der Waals surface area contributed by atoms with E-state index in [2.05, 4.69) is 58.3 Å². The lowest BCUT2D eigenvalue weighted by Gasteiger charge is -2.32. The van der Waals surface area contributed by atoms with Crippen LogP contribution in [0.5, 0.6) is 0 Å². The molecule has 26 heavy (non-hydrogen) atoms. The van der Waals surface area contributed by atoms with Gasteiger partial charge in [-0.1, -0.05) is 35.9 Å². The third-order valence-corrected chi connectivity index (χ3v) is 6.59. The summed E-state index contributed by atoms with van der Waals surface area (Å²) in [7, 11) is 4.35. The average Bonchev–Trinajstić information content (AvgIpc) is 3.23. The maximum atomic E-state index is 12.8. The SMILES string of the molecule is Cc1ccc(C[N+](C)(C)CCN2C(=O)[C@H]3[C@H](C2=O)[C@H]2C=C[C@H]3C2)c(C)c1. The van der Waals surface area contributed by atoms with Crippen LogP contribution in [-0.4, -0.2) is 48.4 Å². The lowest BCUT2D eigenvalue weighted by Crippen LogP contribution is -2.46. The second-order valence-electron chi connectivity index (χ2n) is 9.08. The first-order chi connectivity index (χ1) is 12.3. The largest absolute Gasteiger partial charge is 0.323 e.